The highest BCUT2D eigenvalue weighted by atomic mass is 15.2. The molecule has 2 N–H and O–H groups in total. The molecule has 0 aromatic heterocycles. The van der Waals surface area contributed by atoms with Gasteiger partial charge >= 0.3 is 0 Å². The Balaban J connectivity index is 2.11. The Bertz CT molecular complexity index is 518. The molecule has 0 saturated carbocycles. The molecule has 0 amide bonds. The number of amidine groups is 1. The van der Waals surface area contributed by atoms with Crippen LogP contribution in [-0.2, 0) is 12.0 Å². The van der Waals surface area contributed by atoms with E-state index in [0.29, 0.717) is 0 Å². The van der Waals surface area contributed by atoms with Gasteiger partial charge in [0.05, 0.1) is 5.54 Å². The summed E-state index contributed by atoms with van der Waals surface area (Å²) in [5, 5.41) is 7.30. The second-order valence-electron chi connectivity index (χ2n) is 6.48. The Morgan fingerprint density at radius 1 is 1.16 bits per heavy atom. The van der Waals surface area contributed by atoms with E-state index in [-0.39, 0.29) is 11.1 Å². The highest BCUT2D eigenvalue weighted by Gasteiger charge is 2.43. The molecule has 19 heavy (non-hydrogen) atoms. The zero-order chi connectivity index (χ0) is 13.5. The van der Waals surface area contributed by atoms with Crippen molar-refractivity contribution < 1.29 is 0 Å². The van der Waals surface area contributed by atoms with E-state index in [0.717, 1.165) is 31.8 Å². The predicted molar refractivity (Wildman–Crippen MR) is 79.6 cm³/mol. The summed E-state index contributed by atoms with van der Waals surface area (Å²) in [5.74, 6) is 1.10. The van der Waals surface area contributed by atoms with Crippen molar-refractivity contribution in [2.75, 3.05) is 13.1 Å². The number of fused-ring (bicyclic) bond motifs is 1. The van der Waals surface area contributed by atoms with E-state index in [2.05, 4.69) is 55.7 Å². The molecular formula is C16H23N3. The Labute approximate surface area is 115 Å². The Kier molecular flexibility index (Phi) is 2.90. The molecule has 2 heterocycles. The molecule has 2 aliphatic heterocycles. The van der Waals surface area contributed by atoms with Gasteiger partial charge in [-0.3, -0.25) is 10.3 Å². The average Bonchev–Trinajstić information content (AvgIpc) is 2.38. The van der Waals surface area contributed by atoms with Crippen LogP contribution in [0.3, 0.4) is 0 Å². The molecule has 0 spiro atoms. The minimum atomic E-state index is -0.196. The van der Waals surface area contributed by atoms with E-state index >= 15 is 0 Å². The molecule has 1 aromatic rings. The Morgan fingerprint density at radius 2 is 1.95 bits per heavy atom. The van der Waals surface area contributed by atoms with Crippen LogP contribution in [0.1, 0.15) is 38.3 Å². The largest absolute Gasteiger partial charge is 0.372 e. The van der Waals surface area contributed by atoms with Crippen LogP contribution in [0.25, 0.3) is 0 Å². The van der Waals surface area contributed by atoms with Gasteiger partial charge in [-0.25, -0.2) is 0 Å². The summed E-state index contributed by atoms with van der Waals surface area (Å²) in [6, 6.07) is 8.74. The average molecular weight is 257 g/mol. The van der Waals surface area contributed by atoms with Crippen molar-refractivity contribution in [2.45, 2.75) is 44.7 Å². The standard InChI is InChI=1S/C16H23N3/c1-15(2)11-12-7-4-5-8-13(12)16(3,19-15)14-17-9-6-10-18-14/h4-5,7-8,19H,6,9-11H2,1-3H3,(H,17,18). The third kappa shape index (κ3) is 2.16. The summed E-state index contributed by atoms with van der Waals surface area (Å²) in [7, 11) is 0. The first-order valence-corrected chi connectivity index (χ1v) is 7.18. The SMILES string of the molecule is CC1(C)Cc2ccccc2C(C)(C2=NCCCN2)N1. The highest BCUT2D eigenvalue weighted by molar-refractivity contribution is 5.93. The Hall–Kier alpha value is -1.35. The van der Waals surface area contributed by atoms with Gasteiger partial charge in [0.2, 0.25) is 0 Å². The van der Waals surface area contributed by atoms with Crippen molar-refractivity contribution in [1.82, 2.24) is 10.6 Å². The highest BCUT2D eigenvalue weighted by Crippen LogP contribution is 2.35. The first-order valence-electron chi connectivity index (χ1n) is 7.18. The lowest BCUT2D eigenvalue weighted by atomic mass is 9.76. The zero-order valence-electron chi connectivity index (χ0n) is 12.1. The lowest BCUT2D eigenvalue weighted by Gasteiger charge is -2.47. The second kappa shape index (κ2) is 4.34. The van der Waals surface area contributed by atoms with Crippen LogP contribution in [0.2, 0.25) is 0 Å². The maximum absolute atomic E-state index is 4.73. The number of nitrogens with one attached hydrogen (secondary N) is 2. The van der Waals surface area contributed by atoms with Gasteiger partial charge < -0.3 is 5.32 Å². The van der Waals surface area contributed by atoms with Gasteiger partial charge in [0.25, 0.3) is 0 Å². The van der Waals surface area contributed by atoms with Crippen LogP contribution < -0.4 is 10.6 Å². The third-order valence-corrected chi connectivity index (χ3v) is 4.15. The van der Waals surface area contributed by atoms with Gasteiger partial charge in [0, 0.05) is 18.6 Å². The maximum atomic E-state index is 4.73. The molecule has 3 nitrogen and oxygen atoms in total. The van der Waals surface area contributed by atoms with E-state index in [1.807, 2.05) is 0 Å². The third-order valence-electron chi connectivity index (χ3n) is 4.15. The second-order valence-corrected chi connectivity index (χ2v) is 6.48. The molecule has 0 bridgehead atoms. The molecule has 0 radical (unpaired) electrons. The first-order chi connectivity index (χ1) is 9.01. The predicted octanol–water partition coefficient (Wildman–Crippen LogP) is 2.22. The summed E-state index contributed by atoms with van der Waals surface area (Å²) < 4.78 is 0. The van der Waals surface area contributed by atoms with Crippen LogP contribution in [0.5, 0.6) is 0 Å². The molecule has 102 valence electrons. The van der Waals surface area contributed by atoms with Gasteiger partial charge in [-0.2, -0.15) is 0 Å². The van der Waals surface area contributed by atoms with E-state index < -0.39 is 0 Å². The van der Waals surface area contributed by atoms with Crippen LogP contribution in [-0.4, -0.2) is 24.5 Å². The van der Waals surface area contributed by atoms with E-state index in [1.165, 1.54) is 11.1 Å². The number of rotatable bonds is 1. The number of aliphatic imine (C=N–C) groups is 1. The van der Waals surface area contributed by atoms with Crippen LogP contribution in [0.15, 0.2) is 29.3 Å². The number of benzene rings is 1. The van der Waals surface area contributed by atoms with Crippen molar-refractivity contribution in [1.29, 1.82) is 0 Å². The lowest BCUT2D eigenvalue weighted by Crippen LogP contribution is -2.63. The molecule has 1 atom stereocenters. The molecule has 0 aliphatic carbocycles. The summed E-state index contributed by atoms with van der Waals surface area (Å²) in [6.07, 6.45) is 2.19. The van der Waals surface area contributed by atoms with E-state index in [9.17, 15) is 0 Å². The van der Waals surface area contributed by atoms with Crippen LogP contribution >= 0.6 is 0 Å². The summed E-state index contributed by atoms with van der Waals surface area (Å²) in [5.41, 5.74) is 2.69. The van der Waals surface area contributed by atoms with Gasteiger partial charge in [0.15, 0.2) is 0 Å². The van der Waals surface area contributed by atoms with Crippen molar-refractivity contribution in [2.24, 2.45) is 4.99 Å². The summed E-state index contributed by atoms with van der Waals surface area (Å²) >= 11 is 0. The molecular weight excluding hydrogens is 234 g/mol. The van der Waals surface area contributed by atoms with Gasteiger partial charge in [-0.1, -0.05) is 24.3 Å². The molecule has 0 saturated heterocycles. The minimum absolute atomic E-state index is 0.0880. The molecule has 1 unspecified atom stereocenters. The fraction of sp³-hybridized carbons (Fsp3) is 0.562. The van der Waals surface area contributed by atoms with Crippen molar-refractivity contribution in [3.63, 3.8) is 0 Å². The fourth-order valence-electron chi connectivity index (χ4n) is 3.48. The zero-order valence-corrected chi connectivity index (χ0v) is 12.1. The molecule has 2 aliphatic rings. The monoisotopic (exact) mass is 257 g/mol. The first kappa shape index (κ1) is 12.7. The maximum Gasteiger partial charge on any atom is 0.121 e. The minimum Gasteiger partial charge on any atom is -0.372 e. The topological polar surface area (TPSA) is 36.4 Å². The van der Waals surface area contributed by atoms with Gasteiger partial charge in [0.1, 0.15) is 5.84 Å². The Morgan fingerprint density at radius 3 is 2.68 bits per heavy atom. The van der Waals surface area contributed by atoms with Crippen molar-refractivity contribution >= 4 is 5.84 Å². The normalized spacial score (nSPS) is 29.1. The smallest absolute Gasteiger partial charge is 0.121 e. The quantitative estimate of drug-likeness (QED) is 0.809. The van der Waals surface area contributed by atoms with Gasteiger partial charge in [-0.05, 0) is 44.7 Å². The van der Waals surface area contributed by atoms with Crippen molar-refractivity contribution in [3.05, 3.63) is 35.4 Å². The van der Waals surface area contributed by atoms with Crippen LogP contribution in [0.4, 0.5) is 0 Å². The molecule has 1 aromatic carbocycles. The molecule has 3 heteroatoms. The fourth-order valence-corrected chi connectivity index (χ4v) is 3.48. The summed E-state index contributed by atoms with van der Waals surface area (Å²) in [6.45, 7) is 8.75. The van der Waals surface area contributed by atoms with E-state index in [4.69, 9.17) is 4.99 Å². The number of hydrogen-bond donors (Lipinski definition) is 2. The summed E-state index contributed by atoms with van der Waals surface area (Å²) in [4.78, 5) is 4.73. The molecule has 0 fully saturated rings. The lowest BCUT2D eigenvalue weighted by molar-refractivity contribution is 0.276. The number of hydrogen-bond acceptors (Lipinski definition) is 3. The van der Waals surface area contributed by atoms with Crippen LogP contribution in [0, 0.1) is 0 Å². The van der Waals surface area contributed by atoms with Gasteiger partial charge in [-0.15, -0.1) is 0 Å². The van der Waals surface area contributed by atoms with Crippen molar-refractivity contribution in [3.8, 4) is 0 Å². The molecule has 3 rings (SSSR count). The van der Waals surface area contributed by atoms with E-state index in [1.54, 1.807) is 0 Å². The number of nitrogens with zero attached hydrogens (tertiary/aromatic N) is 1.